The Bertz CT molecular complexity index is 524. The maximum absolute atomic E-state index is 10.4. The predicted octanol–water partition coefficient (Wildman–Crippen LogP) is 4.06. The summed E-state index contributed by atoms with van der Waals surface area (Å²) in [5, 5.41) is -0.721. The Labute approximate surface area is 122 Å². The Kier molecular flexibility index (Phi) is 6.86. The molecule has 19 heavy (non-hydrogen) atoms. The standard InChI is InChI=1S/C8H7ClO.C7H5ClO/c9-8(10)6-7-4-2-1-3-5-7;8-7(9)6-4-2-1-3-5-6/h1-5H,6H2;1-5H. The van der Waals surface area contributed by atoms with E-state index in [2.05, 4.69) is 0 Å². The third-order valence-electron chi connectivity index (χ3n) is 2.19. The van der Waals surface area contributed by atoms with Crippen LogP contribution in [0.5, 0.6) is 0 Å². The number of hydrogen-bond acceptors (Lipinski definition) is 2. The van der Waals surface area contributed by atoms with Crippen molar-refractivity contribution in [1.29, 1.82) is 0 Å². The Morgan fingerprint density at radius 2 is 1.26 bits per heavy atom. The van der Waals surface area contributed by atoms with E-state index in [4.69, 9.17) is 23.2 Å². The molecule has 98 valence electrons. The van der Waals surface area contributed by atoms with Crippen molar-refractivity contribution >= 4 is 33.7 Å². The fourth-order valence-electron chi connectivity index (χ4n) is 1.33. The molecule has 0 atom stereocenters. The topological polar surface area (TPSA) is 34.1 Å². The SMILES string of the molecule is O=C(Cl)Cc1ccccc1.O=C(Cl)c1ccccc1. The molecule has 0 saturated carbocycles. The van der Waals surface area contributed by atoms with Crippen molar-refractivity contribution < 1.29 is 9.59 Å². The minimum atomic E-state index is -0.407. The summed E-state index contributed by atoms with van der Waals surface area (Å²) in [6, 6.07) is 18.2. The van der Waals surface area contributed by atoms with Crippen LogP contribution in [0.1, 0.15) is 15.9 Å². The fourth-order valence-corrected chi connectivity index (χ4v) is 1.61. The molecule has 0 fully saturated rings. The molecule has 0 aromatic heterocycles. The van der Waals surface area contributed by atoms with Gasteiger partial charge in [-0.15, -0.1) is 0 Å². The first-order valence-electron chi connectivity index (χ1n) is 5.56. The van der Waals surface area contributed by atoms with Gasteiger partial charge in [-0.1, -0.05) is 60.7 Å². The van der Waals surface area contributed by atoms with E-state index in [0.29, 0.717) is 12.0 Å². The third-order valence-corrected chi connectivity index (χ3v) is 2.54. The highest BCUT2D eigenvalue weighted by Gasteiger charge is 1.96. The van der Waals surface area contributed by atoms with Gasteiger partial charge in [-0.2, -0.15) is 0 Å². The van der Waals surface area contributed by atoms with E-state index in [1.165, 1.54) is 0 Å². The smallest absolute Gasteiger partial charge is 0.252 e. The first-order chi connectivity index (χ1) is 9.09. The molecule has 0 saturated heterocycles. The first-order valence-corrected chi connectivity index (χ1v) is 6.32. The van der Waals surface area contributed by atoms with E-state index in [1.54, 1.807) is 24.3 Å². The number of carbonyl (C=O) groups excluding carboxylic acids is 2. The summed E-state index contributed by atoms with van der Waals surface area (Å²) in [5.74, 6) is 0. The molecule has 0 aliphatic heterocycles. The van der Waals surface area contributed by atoms with E-state index >= 15 is 0 Å². The van der Waals surface area contributed by atoms with E-state index in [-0.39, 0.29) is 5.24 Å². The van der Waals surface area contributed by atoms with Crippen LogP contribution in [-0.4, -0.2) is 10.5 Å². The van der Waals surface area contributed by atoms with Gasteiger partial charge in [-0.25, -0.2) is 0 Å². The average molecular weight is 295 g/mol. The molecule has 0 bridgehead atoms. The van der Waals surface area contributed by atoms with Crippen LogP contribution in [0, 0.1) is 0 Å². The molecule has 0 spiro atoms. The summed E-state index contributed by atoms with van der Waals surface area (Å²) in [6.07, 6.45) is 0.322. The molecule has 2 aromatic rings. The lowest BCUT2D eigenvalue weighted by atomic mass is 10.2. The number of carbonyl (C=O) groups is 2. The molecule has 0 unspecified atom stereocenters. The molecule has 0 aliphatic rings. The highest BCUT2D eigenvalue weighted by Crippen LogP contribution is 2.01. The molecule has 0 heterocycles. The van der Waals surface area contributed by atoms with Gasteiger partial charge in [0.15, 0.2) is 0 Å². The minimum absolute atomic E-state index is 0.314. The van der Waals surface area contributed by atoms with E-state index in [9.17, 15) is 9.59 Å². The van der Waals surface area contributed by atoms with Crippen LogP contribution >= 0.6 is 23.2 Å². The molecule has 2 aromatic carbocycles. The molecular weight excluding hydrogens is 283 g/mol. The Morgan fingerprint density at radius 3 is 1.63 bits per heavy atom. The molecule has 0 amide bonds. The monoisotopic (exact) mass is 294 g/mol. The fraction of sp³-hybridized carbons (Fsp3) is 0.0667. The summed E-state index contributed by atoms with van der Waals surface area (Å²) in [4.78, 5) is 20.8. The van der Waals surface area contributed by atoms with E-state index in [0.717, 1.165) is 5.56 Å². The van der Waals surface area contributed by atoms with Gasteiger partial charge in [0.1, 0.15) is 0 Å². The number of halogens is 2. The minimum Gasteiger partial charge on any atom is -0.281 e. The summed E-state index contributed by atoms with van der Waals surface area (Å²) >= 11 is 10.3. The van der Waals surface area contributed by atoms with Crippen LogP contribution < -0.4 is 0 Å². The second-order valence-electron chi connectivity index (χ2n) is 3.66. The summed E-state index contributed by atoms with van der Waals surface area (Å²) < 4.78 is 0. The van der Waals surface area contributed by atoms with Gasteiger partial charge >= 0.3 is 0 Å². The van der Waals surface area contributed by atoms with Crippen molar-refractivity contribution in [2.24, 2.45) is 0 Å². The summed E-state index contributed by atoms with van der Waals surface area (Å²) in [7, 11) is 0. The van der Waals surface area contributed by atoms with Gasteiger partial charge in [0, 0.05) is 12.0 Å². The largest absolute Gasteiger partial charge is 0.281 e. The van der Waals surface area contributed by atoms with Gasteiger partial charge < -0.3 is 0 Å². The molecule has 0 radical (unpaired) electrons. The van der Waals surface area contributed by atoms with Crippen LogP contribution in [0.4, 0.5) is 0 Å². The van der Waals surface area contributed by atoms with Crippen molar-refractivity contribution in [2.45, 2.75) is 6.42 Å². The van der Waals surface area contributed by atoms with Gasteiger partial charge in [0.25, 0.3) is 5.24 Å². The second-order valence-corrected chi connectivity index (χ2v) is 4.42. The normalized spacial score (nSPS) is 9.16. The van der Waals surface area contributed by atoms with Crippen LogP contribution in [0.2, 0.25) is 0 Å². The van der Waals surface area contributed by atoms with E-state index < -0.39 is 5.24 Å². The predicted molar refractivity (Wildman–Crippen MR) is 77.6 cm³/mol. The maximum atomic E-state index is 10.4. The lowest BCUT2D eigenvalue weighted by molar-refractivity contribution is -0.111. The van der Waals surface area contributed by atoms with Crippen LogP contribution in [0.3, 0.4) is 0 Å². The summed E-state index contributed by atoms with van der Waals surface area (Å²) in [6.45, 7) is 0. The molecule has 4 heteroatoms. The lowest BCUT2D eigenvalue weighted by Gasteiger charge is -1.92. The van der Waals surface area contributed by atoms with Crippen molar-refractivity contribution in [2.75, 3.05) is 0 Å². The van der Waals surface area contributed by atoms with Crippen LogP contribution in [0.15, 0.2) is 60.7 Å². The second kappa shape index (κ2) is 8.46. The zero-order valence-electron chi connectivity index (χ0n) is 10.1. The Hall–Kier alpha value is -1.64. The van der Waals surface area contributed by atoms with Crippen molar-refractivity contribution in [1.82, 2.24) is 0 Å². The highest BCUT2D eigenvalue weighted by molar-refractivity contribution is 6.67. The van der Waals surface area contributed by atoms with Gasteiger partial charge in [-0.05, 0) is 28.8 Å². The molecule has 2 nitrogen and oxygen atoms in total. The molecule has 2 rings (SSSR count). The third kappa shape index (κ3) is 6.75. The quantitative estimate of drug-likeness (QED) is 0.800. The summed E-state index contributed by atoms with van der Waals surface area (Å²) in [5.41, 5.74) is 1.50. The number of benzene rings is 2. The molecular formula is C15H12Cl2O2. The Balaban J connectivity index is 0.000000191. The highest BCUT2D eigenvalue weighted by atomic mass is 35.5. The first kappa shape index (κ1) is 15.4. The van der Waals surface area contributed by atoms with Gasteiger partial charge in [0.2, 0.25) is 5.24 Å². The van der Waals surface area contributed by atoms with Gasteiger partial charge in [0.05, 0.1) is 0 Å². The van der Waals surface area contributed by atoms with Crippen molar-refractivity contribution in [3.05, 3.63) is 71.8 Å². The lowest BCUT2D eigenvalue weighted by Crippen LogP contribution is -1.91. The maximum Gasteiger partial charge on any atom is 0.252 e. The number of rotatable bonds is 3. The average Bonchev–Trinajstić information content (AvgIpc) is 2.41. The zero-order chi connectivity index (χ0) is 14.1. The molecule has 0 aliphatic carbocycles. The van der Waals surface area contributed by atoms with Crippen molar-refractivity contribution in [3.63, 3.8) is 0 Å². The Morgan fingerprint density at radius 1 is 0.789 bits per heavy atom. The zero-order valence-corrected chi connectivity index (χ0v) is 11.6. The van der Waals surface area contributed by atoms with E-state index in [1.807, 2.05) is 36.4 Å². The molecule has 0 N–H and O–H groups in total. The number of hydrogen-bond donors (Lipinski definition) is 0. The van der Waals surface area contributed by atoms with Gasteiger partial charge in [-0.3, -0.25) is 9.59 Å². The van der Waals surface area contributed by atoms with Crippen molar-refractivity contribution in [3.8, 4) is 0 Å². The van der Waals surface area contributed by atoms with Crippen LogP contribution in [0.25, 0.3) is 0 Å². The van der Waals surface area contributed by atoms with Crippen LogP contribution in [-0.2, 0) is 11.2 Å².